The first-order chi connectivity index (χ1) is 13.4. The number of aryl methyl sites for hydroxylation is 1. The second kappa shape index (κ2) is 8.93. The highest BCUT2D eigenvalue weighted by Gasteiger charge is 2.24. The lowest BCUT2D eigenvalue weighted by Gasteiger charge is -2.32. The number of hydrogen-bond donors (Lipinski definition) is 2. The molecule has 2 amide bonds. The molecule has 1 aliphatic carbocycles. The zero-order valence-electron chi connectivity index (χ0n) is 15.7. The van der Waals surface area contributed by atoms with E-state index in [-0.39, 0.29) is 30.7 Å². The summed E-state index contributed by atoms with van der Waals surface area (Å²) in [6, 6.07) is 11.5. The van der Waals surface area contributed by atoms with E-state index in [1.54, 1.807) is 0 Å². The van der Waals surface area contributed by atoms with Crippen LogP contribution in [0.1, 0.15) is 30.0 Å². The number of nitrogens with one attached hydrogen (secondary N) is 2. The van der Waals surface area contributed by atoms with Crippen molar-refractivity contribution in [2.45, 2.75) is 25.3 Å². The summed E-state index contributed by atoms with van der Waals surface area (Å²) in [4.78, 5) is 26.1. The standard InChI is InChI=1S/C21H23F2N3O2/c1-26(19-8-4-6-14-5-2-3-7-16(14)19)13-21(28)24-12-20(27)25-15-9-10-17(22)18(23)11-15/h2-3,5,7,9-11,19H,4,6,8,12-13H2,1H3,(H,24,28)(H,25,27)/t19-/m1/s1. The first-order valence-electron chi connectivity index (χ1n) is 9.23. The average molecular weight is 387 g/mol. The van der Waals surface area contributed by atoms with E-state index in [1.165, 1.54) is 17.2 Å². The minimum Gasteiger partial charge on any atom is -0.346 e. The quantitative estimate of drug-likeness (QED) is 0.801. The Labute approximate surface area is 162 Å². The molecule has 0 heterocycles. The smallest absolute Gasteiger partial charge is 0.243 e. The van der Waals surface area contributed by atoms with Crippen molar-refractivity contribution in [3.8, 4) is 0 Å². The Morgan fingerprint density at radius 1 is 1.11 bits per heavy atom. The summed E-state index contributed by atoms with van der Waals surface area (Å²) in [6.45, 7) is -0.0790. The summed E-state index contributed by atoms with van der Waals surface area (Å²) in [6.07, 6.45) is 3.11. The zero-order chi connectivity index (χ0) is 20.1. The summed E-state index contributed by atoms with van der Waals surface area (Å²) in [7, 11) is 1.90. The third-order valence-corrected chi connectivity index (χ3v) is 4.91. The fraction of sp³-hybridized carbons (Fsp3) is 0.333. The first-order valence-corrected chi connectivity index (χ1v) is 9.23. The molecule has 28 heavy (non-hydrogen) atoms. The van der Waals surface area contributed by atoms with Gasteiger partial charge in [0.15, 0.2) is 11.6 Å². The van der Waals surface area contributed by atoms with Gasteiger partial charge in [0.2, 0.25) is 11.8 Å². The van der Waals surface area contributed by atoms with E-state index in [9.17, 15) is 18.4 Å². The van der Waals surface area contributed by atoms with Gasteiger partial charge in [-0.1, -0.05) is 24.3 Å². The second-order valence-corrected chi connectivity index (χ2v) is 6.98. The first kappa shape index (κ1) is 19.9. The highest BCUT2D eigenvalue weighted by Crippen LogP contribution is 2.33. The lowest BCUT2D eigenvalue weighted by Crippen LogP contribution is -2.40. The predicted molar refractivity (Wildman–Crippen MR) is 103 cm³/mol. The molecule has 0 bridgehead atoms. The minimum absolute atomic E-state index is 0.133. The number of hydrogen-bond acceptors (Lipinski definition) is 3. The van der Waals surface area contributed by atoms with Gasteiger partial charge in [0, 0.05) is 17.8 Å². The van der Waals surface area contributed by atoms with Gasteiger partial charge in [-0.05, 0) is 49.6 Å². The molecule has 5 nitrogen and oxygen atoms in total. The van der Waals surface area contributed by atoms with Crippen LogP contribution in [-0.2, 0) is 16.0 Å². The van der Waals surface area contributed by atoms with Crippen LogP contribution < -0.4 is 10.6 Å². The van der Waals surface area contributed by atoms with Crippen LogP contribution in [0.25, 0.3) is 0 Å². The molecule has 0 fully saturated rings. The Morgan fingerprint density at radius 3 is 2.68 bits per heavy atom. The normalized spacial score (nSPS) is 15.8. The number of amides is 2. The molecule has 2 aromatic rings. The van der Waals surface area contributed by atoms with Crippen LogP contribution in [-0.4, -0.2) is 36.9 Å². The summed E-state index contributed by atoms with van der Waals surface area (Å²) >= 11 is 0. The molecule has 0 aliphatic heterocycles. The van der Waals surface area contributed by atoms with Gasteiger partial charge in [-0.2, -0.15) is 0 Å². The summed E-state index contributed by atoms with van der Waals surface area (Å²) in [5, 5.41) is 4.98. The molecule has 1 aliphatic rings. The van der Waals surface area contributed by atoms with E-state index in [0.29, 0.717) is 0 Å². The van der Waals surface area contributed by atoms with Gasteiger partial charge in [-0.15, -0.1) is 0 Å². The number of anilines is 1. The van der Waals surface area contributed by atoms with Gasteiger partial charge in [0.1, 0.15) is 0 Å². The third-order valence-electron chi connectivity index (χ3n) is 4.91. The Bertz CT molecular complexity index is 872. The molecule has 148 valence electrons. The molecule has 0 aromatic heterocycles. The van der Waals surface area contributed by atoms with Crippen LogP contribution in [0.3, 0.4) is 0 Å². The van der Waals surface area contributed by atoms with Crippen molar-refractivity contribution >= 4 is 17.5 Å². The Hall–Kier alpha value is -2.80. The monoisotopic (exact) mass is 387 g/mol. The van der Waals surface area contributed by atoms with Gasteiger partial charge in [0.25, 0.3) is 0 Å². The maximum atomic E-state index is 13.2. The van der Waals surface area contributed by atoms with Crippen molar-refractivity contribution in [3.05, 3.63) is 65.2 Å². The lowest BCUT2D eigenvalue weighted by molar-refractivity contribution is -0.125. The second-order valence-electron chi connectivity index (χ2n) is 6.98. The van der Waals surface area contributed by atoms with Crippen molar-refractivity contribution in [2.24, 2.45) is 0 Å². The molecule has 3 rings (SSSR count). The van der Waals surface area contributed by atoms with Gasteiger partial charge in [-0.3, -0.25) is 14.5 Å². The topological polar surface area (TPSA) is 61.4 Å². The number of fused-ring (bicyclic) bond motifs is 1. The summed E-state index contributed by atoms with van der Waals surface area (Å²) < 4.78 is 26.1. The van der Waals surface area contributed by atoms with Crippen molar-refractivity contribution in [3.63, 3.8) is 0 Å². The Balaban J connectivity index is 1.49. The molecule has 7 heteroatoms. The van der Waals surface area contributed by atoms with E-state index in [1.807, 2.05) is 24.1 Å². The maximum absolute atomic E-state index is 13.2. The van der Waals surface area contributed by atoms with Crippen molar-refractivity contribution in [2.75, 3.05) is 25.5 Å². The number of halogens is 2. The number of carbonyl (C=O) groups is 2. The molecule has 2 aromatic carbocycles. The van der Waals surface area contributed by atoms with E-state index in [2.05, 4.69) is 22.8 Å². The summed E-state index contributed by atoms with van der Waals surface area (Å²) in [5.41, 5.74) is 2.70. The van der Waals surface area contributed by atoms with Crippen LogP contribution >= 0.6 is 0 Å². The maximum Gasteiger partial charge on any atom is 0.243 e. The number of benzene rings is 2. The third kappa shape index (κ3) is 4.92. The molecule has 0 saturated carbocycles. The van der Waals surface area contributed by atoms with Crippen molar-refractivity contribution in [1.82, 2.24) is 10.2 Å². The Kier molecular flexibility index (Phi) is 6.36. The molecular formula is C21H23F2N3O2. The van der Waals surface area contributed by atoms with Gasteiger partial charge in [0.05, 0.1) is 13.1 Å². The highest BCUT2D eigenvalue weighted by atomic mass is 19.2. The van der Waals surface area contributed by atoms with E-state index in [4.69, 9.17) is 0 Å². The zero-order valence-corrected chi connectivity index (χ0v) is 15.7. The summed E-state index contributed by atoms with van der Waals surface area (Å²) in [5.74, 6) is -2.81. The predicted octanol–water partition coefficient (Wildman–Crippen LogP) is 3.03. The fourth-order valence-corrected chi connectivity index (χ4v) is 3.54. The largest absolute Gasteiger partial charge is 0.346 e. The minimum atomic E-state index is -1.05. The average Bonchev–Trinajstić information content (AvgIpc) is 2.68. The molecule has 0 spiro atoms. The van der Waals surface area contributed by atoms with Gasteiger partial charge in [-0.25, -0.2) is 8.78 Å². The van der Waals surface area contributed by atoms with E-state index in [0.717, 1.165) is 31.4 Å². The van der Waals surface area contributed by atoms with Crippen molar-refractivity contribution < 1.29 is 18.4 Å². The van der Waals surface area contributed by atoms with Gasteiger partial charge < -0.3 is 10.6 Å². The lowest BCUT2D eigenvalue weighted by atomic mass is 9.87. The molecular weight excluding hydrogens is 364 g/mol. The molecule has 2 N–H and O–H groups in total. The molecule has 0 radical (unpaired) electrons. The van der Waals surface area contributed by atoms with Crippen molar-refractivity contribution in [1.29, 1.82) is 0 Å². The van der Waals surface area contributed by atoms with Crippen LogP contribution in [0.15, 0.2) is 42.5 Å². The molecule has 0 unspecified atom stereocenters. The SMILES string of the molecule is CN(CC(=O)NCC(=O)Nc1ccc(F)c(F)c1)[C@@H]1CCCc2ccccc21. The highest BCUT2D eigenvalue weighted by molar-refractivity contribution is 5.94. The van der Waals surface area contributed by atoms with Crippen LogP contribution in [0, 0.1) is 11.6 Å². The number of nitrogens with zero attached hydrogens (tertiary/aromatic N) is 1. The Morgan fingerprint density at radius 2 is 1.89 bits per heavy atom. The number of carbonyl (C=O) groups excluding carboxylic acids is 2. The van der Waals surface area contributed by atoms with E-state index < -0.39 is 17.5 Å². The van der Waals surface area contributed by atoms with Crippen LogP contribution in [0.2, 0.25) is 0 Å². The van der Waals surface area contributed by atoms with Crippen LogP contribution in [0.4, 0.5) is 14.5 Å². The fourth-order valence-electron chi connectivity index (χ4n) is 3.54. The number of likely N-dealkylation sites (N-methyl/N-ethyl adjacent to an activating group) is 1. The number of rotatable bonds is 6. The van der Waals surface area contributed by atoms with Gasteiger partial charge >= 0.3 is 0 Å². The molecule has 1 atom stereocenters. The van der Waals surface area contributed by atoms with Crippen LogP contribution in [0.5, 0.6) is 0 Å². The van der Waals surface area contributed by atoms with E-state index >= 15 is 0 Å². The molecule has 0 saturated heterocycles.